The van der Waals surface area contributed by atoms with E-state index in [1.54, 1.807) is 0 Å². The number of hydrogen-bond donors (Lipinski definition) is 1. The Morgan fingerprint density at radius 3 is 2.48 bits per heavy atom. The lowest BCUT2D eigenvalue weighted by Crippen LogP contribution is -2.48. The molecule has 1 saturated heterocycles. The zero-order chi connectivity index (χ0) is 18.8. The largest absolute Gasteiger partial charge is 0.336 e. The molecule has 2 aliphatic rings. The maximum Gasteiger partial charge on any atom is 0.253 e. The minimum atomic E-state index is 0.0402. The molecule has 0 aromatic heterocycles. The fourth-order valence-corrected chi connectivity index (χ4v) is 3.78. The molecule has 2 aliphatic heterocycles. The fraction of sp³-hybridized carbons (Fsp3) is 0.333. The van der Waals surface area contributed by atoms with Gasteiger partial charge in [-0.1, -0.05) is 23.7 Å². The van der Waals surface area contributed by atoms with Crippen molar-refractivity contribution < 1.29 is 9.59 Å². The van der Waals surface area contributed by atoms with E-state index in [4.69, 9.17) is 11.6 Å². The van der Waals surface area contributed by atoms with Crippen LogP contribution in [0, 0.1) is 0 Å². The smallest absolute Gasteiger partial charge is 0.253 e. The standard InChI is InChI=1S/C21H22ClN3O2/c22-18-5-1-15(2-6-18)14-24-9-11-25(12-10-24)21(27)17-3-7-19-16(13-17)4-8-20(26)23-19/h1-3,5-7,13H,4,8-12,14H2,(H,23,26). The third-order valence-electron chi connectivity index (χ3n) is 5.23. The first-order valence-corrected chi connectivity index (χ1v) is 9.65. The number of hydrogen-bond acceptors (Lipinski definition) is 3. The zero-order valence-corrected chi connectivity index (χ0v) is 15.8. The lowest BCUT2D eigenvalue weighted by atomic mass is 10.00. The summed E-state index contributed by atoms with van der Waals surface area (Å²) in [7, 11) is 0. The van der Waals surface area contributed by atoms with Crippen molar-refractivity contribution in [2.24, 2.45) is 0 Å². The van der Waals surface area contributed by atoms with Crippen LogP contribution in [0.25, 0.3) is 0 Å². The SMILES string of the molecule is O=C1CCc2cc(C(=O)N3CCN(Cc4ccc(Cl)cc4)CC3)ccc2N1. The fourth-order valence-electron chi connectivity index (χ4n) is 3.66. The Hall–Kier alpha value is -2.37. The Labute approximate surface area is 163 Å². The summed E-state index contributed by atoms with van der Waals surface area (Å²) >= 11 is 5.94. The second kappa shape index (κ2) is 7.71. The summed E-state index contributed by atoms with van der Waals surface area (Å²) in [5.41, 5.74) is 3.81. The molecule has 0 bridgehead atoms. The number of halogens is 1. The Balaban J connectivity index is 1.36. The van der Waals surface area contributed by atoms with Crippen molar-refractivity contribution >= 4 is 29.1 Å². The number of aryl methyl sites for hydroxylation is 1. The van der Waals surface area contributed by atoms with E-state index in [2.05, 4.69) is 10.2 Å². The summed E-state index contributed by atoms with van der Waals surface area (Å²) < 4.78 is 0. The van der Waals surface area contributed by atoms with Gasteiger partial charge < -0.3 is 10.2 Å². The van der Waals surface area contributed by atoms with Crippen molar-refractivity contribution in [3.63, 3.8) is 0 Å². The van der Waals surface area contributed by atoms with Gasteiger partial charge in [-0.25, -0.2) is 0 Å². The number of amides is 2. The lowest BCUT2D eigenvalue weighted by Gasteiger charge is -2.35. The van der Waals surface area contributed by atoms with E-state index in [1.165, 1.54) is 5.56 Å². The molecule has 1 N–H and O–H groups in total. The lowest BCUT2D eigenvalue weighted by molar-refractivity contribution is -0.116. The molecule has 5 nitrogen and oxygen atoms in total. The molecule has 4 rings (SSSR count). The normalized spacial score (nSPS) is 17.4. The van der Waals surface area contributed by atoms with Crippen molar-refractivity contribution in [3.8, 4) is 0 Å². The molecule has 0 aliphatic carbocycles. The van der Waals surface area contributed by atoms with Crippen LogP contribution in [0.2, 0.25) is 5.02 Å². The Kier molecular flexibility index (Phi) is 5.14. The van der Waals surface area contributed by atoms with Gasteiger partial charge in [-0.2, -0.15) is 0 Å². The second-order valence-electron chi connectivity index (χ2n) is 7.11. The number of anilines is 1. The molecule has 0 saturated carbocycles. The number of carbonyl (C=O) groups is 2. The van der Waals surface area contributed by atoms with E-state index in [9.17, 15) is 9.59 Å². The first kappa shape index (κ1) is 18.0. The van der Waals surface area contributed by atoms with Crippen LogP contribution >= 0.6 is 11.6 Å². The van der Waals surface area contributed by atoms with Gasteiger partial charge in [0.2, 0.25) is 5.91 Å². The molecule has 140 valence electrons. The number of carbonyl (C=O) groups excluding carboxylic acids is 2. The number of benzene rings is 2. The molecule has 0 atom stereocenters. The van der Waals surface area contributed by atoms with Crippen LogP contribution in [0.15, 0.2) is 42.5 Å². The number of fused-ring (bicyclic) bond motifs is 1. The van der Waals surface area contributed by atoms with Gasteiger partial charge >= 0.3 is 0 Å². The molecule has 2 aromatic rings. The number of nitrogens with zero attached hydrogens (tertiary/aromatic N) is 2. The molecular weight excluding hydrogens is 362 g/mol. The summed E-state index contributed by atoms with van der Waals surface area (Å²) in [6.07, 6.45) is 1.17. The number of nitrogens with one attached hydrogen (secondary N) is 1. The summed E-state index contributed by atoms with van der Waals surface area (Å²) in [6.45, 7) is 4.03. The predicted molar refractivity (Wildman–Crippen MR) is 106 cm³/mol. The highest BCUT2D eigenvalue weighted by molar-refractivity contribution is 6.30. The average Bonchev–Trinajstić information content (AvgIpc) is 2.69. The molecule has 2 heterocycles. The van der Waals surface area contributed by atoms with Gasteiger partial charge in [0.15, 0.2) is 0 Å². The van der Waals surface area contributed by atoms with Crippen molar-refractivity contribution in [2.75, 3.05) is 31.5 Å². The third kappa shape index (κ3) is 4.15. The molecule has 0 spiro atoms. The summed E-state index contributed by atoms with van der Waals surface area (Å²) in [4.78, 5) is 28.6. The number of piperazine rings is 1. The zero-order valence-electron chi connectivity index (χ0n) is 15.1. The van der Waals surface area contributed by atoms with E-state index >= 15 is 0 Å². The molecular formula is C21H22ClN3O2. The average molecular weight is 384 g/mol. The van der Waals surface area contributed by atoms with Crippen molar-refractivity contribution in [1.29, 1.82) is 0 Å². The van der Waals surface area contributed by atoms with E-state index in [0.717, 1.165) is 49.0 Å². The first-order chi connectivity index (χ1) is 13.1. The highest BCUT2D eigenvalue weighted by Gasteiger charge is 2.23. The van der Waals surface area contributed by atoms with Crippen LogP contribution < -0.4 is 5.32 Å². The van der Waals surface area contributed by atoms with Crippen molar-refractivity contribution in [2.45, 2.75) is 19.4 Å². The summed E-state index contributed by atoms with van der Waals surface area (Å²) in [6, 6.07) is 13.5. The highest BCUT2D eigenvalue weighted by Crippen LogP contribution is 2.24. The third-order valence-corrected chi connectivity index (χ3v) is 5.48. The van der Waals surface area contributed by atoms with E-state index in [0.29, 0.717) is 18.4 Å². The monoisotopic (exact) mass is 383 g/mol. The Morgan fingerprint density at radius 2 is 1.74 bits per heavy atom. The maximum absolute atomic E-state index is 12.9. The topological polar surface area (TPSA) is 52.7 Å². The molecule has 1 fully saturated rings. The second-order valence-corrected chi connectivity index (χ2v) is 7.55. The van der Waals surface area contributed by atoms with Crippen LogP contribution in [0.4, 0.5) is 5.69 Å². The first-order valence-electron chi connectivity index (χ1n) is 9.27. The van der Waals surface area contributed by atoms with Crippen LogP contribution in [-0.2, 0) is 17.8 Å². The summed E-state index contributed by atoms with van der Waals surface area (Å²) in [5, 5.41) is 3.61. The van der Waals surface area contributed by atoms with E-state index < -0.39 is 0 Å². The van der Waals surface area contributed by atoms with Gasteiger partial charge in [0, 0.05) is 55.4 Å². The van der Waals surface area contributed by atoms with Crippen LogP contribution in [-0.4, -0.2) is 47.8 Å². The van der Waals surface area contributed by atoms with Gasteiger partial charge in [-0.05, 0) is 47.9 Å². The van der Waals surface area contributed by atoms with Crippen LogP contribution in [0.5, 0.6) is 0 Å². The van der Waals surface area contributed by atoms with Gasteiger partial charge in [0.25, 0.3) is 5.91 Å². The number of rotatable bonds is 3. The summed E-state index contributed by atoms with van der Waals surface area (Å²) in [5.74, 6) is 0.110. The van der Waals surface area contributed by atoms with Crippen molar-refractivity contribution in [3.05, 3.63) is 64.2 Å². The Bertz CT molecular complexity index is 858. The van der Waals surface area contributed by atoms with Gasteiger partial charge in [-0.15, -0.1) is 0 Å². The molecule has 0 radical (unpaired) electrons. The minimum Gasteiger partial charge on any atom is -0.336 e. The predicted octanol–water partition coefficient (Wildman–Crippen LogP) is 3.18. The minimum absolute atomic E-state index is 0.0402. The van der Waals surface area contributed by atoms with E-state index in [-0.39, 0.29) is 11.8 Å². The van der Waals surface area contributed by atoms with Gasteiger partial charge in [0.05, 0.1) is 0 Å². The molecule has 6 heteroatoms. The van der Waals surface area contributed by atoms with Gasteiger partial charge in [-0.3, -0.25) is 14.5 Å². The highest BCUT2D eigenvalue weighted by atomic mass is 35.5. The van der Waals surface area contributed by atoms with Crippen molar-refractivity contribution in [1.82, 2.24) is 9.80 Å². The molecule has 2 aromatic carbocycles. The quantitative estimate of drug-likeness (QED) is 0.885. The maximum atomic E-state index is 12.9. The molecule has 27 heavy (non-hydrogen) atoms. The molecule has 0 unspecified atom stereocenters. The Morgan fingerprint density at radius 1 is 1.00 bits per heavy atom. The van der Waals surface area contributed by atoms with Crippen LogP contribution in [0.3, 0.4) is 0 Å². The van der Waals surface area contributed by atoms with E-state index in [1.807, 2.05) is 47.4 Å². The van der Waals surface area contributed by atoms with Gasteiger partial charge in [0.1, 0.15) is 0 Å². The molecule has 2 amide bonds. The van der Waals surface area contributed by atoms with Crippen LogP contribution in [0.1, 0.15) is 27.9 Å².